The third-order valence-electron chi connectivity index (χ3n) is 1.59. The average Bonchev–Trinajstić information content (AvgIpc) is 2.12. The van der Waals surface area contributed by atoms with E-state index < -0.39 is 22.6 Å². The quantitative estimate of drug-likeness (QED) is 0.805. The molecule has 0 amide bonds. The minimum Gasteiger partial charge on any atom is -0.477 e. The van der Waals surface area contributed by atoms with Crippen molar-refractivity contribution in [3.05, 3.63) is 22.8 Å². The molecule has 0 atom stereocenters. The van der Waals surface area contributed by atoms with Gasteiger partial charge in [0.2, 0.25) is 5.88 Å². The maximum absolute atomic E-state index is 12.5. The SMILES string of the molecule is CCCOc1nccc(Cl)c1C(F)(F)F. The highest BCUT2D eigenvalue weighted by Gasteiger charge is 2.37. The molecule has 2 nitrogen and oxygen atoms in total. The fourth-order valence-corrected chi connectivity index (χ4v) is 1.23. The standard InChI is InChI=1S/C9H9ClF3NO/c1-2-5-15-8-7(9(11,12)13)6(10)3-4-14-8/h3-4H,2,5H2,1H3. The molecule has 0 unspecified atom stereocenters. The number of ether oxygens (including phenoxy) is 1. The van der Waals surface area contributed by atoms with Crippen molar-refractivity contribution in [2.24, 2.45) is 0 Å². The molecule has 1 aromatic rings. The molecule has 0 aliphatic carbocycles. The van der Waals surface area contributed by atoms with Crippen LogP contribution in [0.2, 0.25) is 5.02 Å². The fourth-order valence-electron chi connectivity index (χ4n) is 0.985. The van der Waals surface area contributed by atoms with Crippen LogP contribution in [0.5, 0.6) is 5.88 Å². The summed E-state index contributed by atoms with van der Waals surface area (Å²) in [4.78, 5) is 3.52. The van der Waals surface area contributed by atoms with Crippen molar-refractivity contribution in [3.63, 3.8) is 0 Å². The van der Waals surface area contributed by atoms with E-state index in [2.05, 4.69) is 4.98 Å². The zero-order chi connectivity index (χ0) is 11.5. The second kappa shape index (κ2) is 4.70. The number of aromatic nitrogens is 1. The van der Waals surface area contributed by atoms with Crippen LogP contribution in [0, 0.1) is 0 Å². The highest BCUT2D eigenvalue weighted by Crippen LogP contribution is 2.39. The van der Waals surface area contributed by atoms with E-state index in [0.717, 1.165) is 6.07 Å². The Morgan fingerprint density at radius 3 is 2.67 bits per heavy atom. The van der Waals surface area contributed by atoms with Crippen LogP contribution in [0.15, 0.2) is 12.3 Å². The maximum atomic E-state index is 12.5. The molecule has 1 aromatic heterocycles. The van der Waals surface area contributed by atoms with Crippen molar-refractivity contribution in [1.82, 2.24) is 4.98 Å². The lowest BCUT2D eigenvalue weighted by atomic mass is 10.2. The van der Waals surface area contributed by atoms with Gasteiger partial charge < -0.3 is 4.74 Å². The van der Waals surface area contributed by atoms with Crippen molar-refractivity contribution >= 4 is 11.6 Å². The first-order valence-electron chi connectivity index (χ1n) is 4.31. The summed E-state index contributed by atoms with van der Waals surface area (Å²) in [6, 6.07) is 1.09. The molecule has 0 saturated heterocycles. The van der Waals surface area contributed by atoms with Gasteiger partial charge in [-0.1, -0.05) is 18.5 Å². The van der Waals surface area contributed by atoms with Crippen LogP contribution in [0.1, 0.15) is 18.9 Å². The summed E-state index contributed by atoms with van der Waals surface area (Å²) in [6.45, 7) is 1.97. The maximum Gasteiger partial charge on any atom is 0.423 e. The molecule has 0 aliphatic heterocycles. The monoisotopic (exact) mass is 239 g/mol. The summed E-state index contributed by atoms with van der Waals surface area (Å²) in [5, 5.41) is -0.399. The first-order valence-corrected chi connectivity index (χ1v) is 4.69. The molecule has 0 aromatic carbocycles. The van der Waals surface area contributed by atoms with Gasteiger partial charge in [-0.3, -0.25) is 0 Å². The van der Waals surface area contributed by atoms with Crippen molar-refractivity contribution in [1.29, 1.82) is 0 Å². The van der Waals surface area contributed by atoms with Crippen LogP contribution in [0.25, 0.3) is 0 Å². The molecule has 0 saturated carbocycles. The number of halogens is 4. The Labute approximate surface area is 90.0 Å². The molecule has 84 valence electrons. The van der Waals surface area contributed by atoms with E-state index in [4.69, 9.17) is 16.3 Å². The van der Waals surface area contributed by atoms with Gasteiger partial charge in [0.15, 0.2) is 0 Å². The van der Waals surface area contributed by atoms with Gasteiger partial charge in [0.05, 0.1) is 11.6 Å². The fraction of sp³-hybridized carbons (Fsp3) is 0.444. The Kier molecular flexibility index (Phi) is 3.79. The highest BCUT2D eigenvalue weighted by molar-refractivity contribution is 6.31. The van der Waals surface area contributed by atoms with Gasteiger partial charge in [-0.05, 0) is 12.5 Å². The normalized spacial score (nSPS) is 11.5. The van der Waals surface area contributed by atoms with E-state index in [1.165, 1.54) is 6.20 Å². The zero-order valence-electron chi connectivity index (χ0n) is 7.94. The molecule has 0 aliphatic rings. The second-order valence-electron chi connectivity index (χ2n) is 2.82. The first kappa shape index (κ1) is 12.1. The largest absolute Gasteiger partial charge is 0.477 e. The Hall–Kier alpha value is -0.970. The third-order valence-corrected chi connectivity index (χ3v) is 1.91. The second-order valence-corrected chi connectivity index (χ2v) is 3.23. The molecule has 0 radical (unpaired) electrons. The zero-order valence-corrected chi connectivity index (χ0v) is 8.69. The molecule has 1 heterocycles. The van der Waals surface area contributed by atoms with E-state index in [0.29, 0.717) is 6.42 Å². The van der Waals surface area contributed by atoms with Gasteiger partial charge in [0.25, 0.3) is 0 Å². The first-order chi connectivity index (χ1) is 6.96. The molecule has 0 fully saturated rings. The Morgan fingerprint density at radius 1 is 1.47 bits per heavy atom. The van der Waals surface area contributed by atoms with Crippen LogP contribution in [0.4, 0.5) is 13.2 Å². The van der Waals surface area contributed by atoms with Gasteiger partial charge in [-0.2, -0.15) is 13.2 Å². The summed E-state index contributed by atoms with van der Waals surface area (Å²) in [6.07, 6.45) is -2.76. The van der Waals surface area contributed by atoms with Gasteiger partial charge in [-0.25, -0.2) is 4.98 Å². The molecular weight excluding hydrogens is 231 g/mol. The predicted octanol–water partition coefficient (Wildman–Crippen LogP) is 3.54. The lowest BCUT2D eigenvalue weighted by Gasteiger charge is -2.13. The topological polar surface area (TPSA) is 22.1 Å². The lowest BCUT2D eigenvalue weighted by Crippen LogP contribution is -2.11. The van der Waals surface area contributed by atoms with Crippen LogP contribution in [-0.4, -0.2) is 11.6 Å². The number of rotatable bonds is 3. The van der Waals surface area contributed by atoms with Gasteiger partial charge in [0.1, 0.15) is 5.56 Å². The van der Waals surface area contributed by atoms with Crippen LogP contribution in [0.3, 0.4) is 0 Å². The molecule has 0 spiro atoms. The van der Waals surface area contributed by atoms with E-state index in [-0.39, 0.29) is 6.61 Å². The number of pyridine rings is 1. The van der Waals surface area contributed by atoms with Crippen LogP contribution >= 0.6 is 11.6 Å². The molecule has 6 heteroatoms. The molecule has 1 rings (SSSR count). The summed E-state index contributed by atoms with van der Waals surface area (Å²) in [5.41, 5.74) is -1.01. The molecular formula is C9H9ClF3NO. The van der Waals surface area contributed by atoms with Crippen LogP contribution in [-0.2, 0) is 6.18 Å². The van der Waals surface area contributed by atoms with E-state index in [9.17, 15) is 13.2 Å². The number of hydrogen-bond acceptors (Lipinski definition) is 2. The third kappa shape index (κ3) is 2.99. The minimum atomic E-state index is -4.55. The summed E-state index contributed by atoms with van der Waals surface area (Å²) in [7, 11) is 0. The van der Waals surface area contributed by atoms with Gasteiger partial charge in [0, 0.05) is 6.20 Å². The Balaban J connectivity index is 3.09. The summed E-state index contributed by atoms with van der Waals surface area (Å²) < 4.78 is 42.5. The van der Waals surface area contributed by atoms with Crippen molar-refractivity contribution in [2.45, 2.75) is 19.5 Å². The van der Waals surface area contributed by atoms with E-state index in [1.807, 2.05) is 0 Å². The van der Waals surface area contributed by atoms with Crippen molar-refractivity contribution in [2.75, 3.05) is 6.61 Å². The van der Waals surface area contributed by atoms with Crippen LogP contribution < -0.4 is 4.74 Å². The smallest absolute Gasteiger partial charge is 0.423 e. The molecule has 15 heavy (non-hydrogen) atoms. The molecule has 0 bridgehead atoms. The van der Waals surface area contributed by atoms with E-state index in [1.54, 1.807) is 6.92 Å². The average molecular weight is 240 g/mol. The van der Waals surface area contributed by atoms with E-state index >= 15 is 0 Å². The number of alkyl halides is 3. The number of hydrogen-bond donors (Lipinski definition) is 0. The lowest BCUT2D eigenvalue weighted by molar-refractivity contribution is -0.139. The van der Waals surface area contributed by atoms with Gasteiger partial charge >= 0.3 is 6.18 Å². The minimum absolute atomic E-state index is 0.177. The summed E-state index contributed by atoms with van der Waals surface area (Å²) in [5.74, 6) is -0.461. The van der Waals surface area contributed by atoms with Crippen molar-refractivity contribution < 1.29 is 17.9 Å². The predicted molar refractivity (Wildman–Crippen MR) is 50.0 cm³/mol. The van der Waals surface area contributed by atoms with Gasteiger partial charge in [-0.15, -0.1) is 0 Å². The summed E-state index contributed by atoms with van der Waals surface area (Å²) >= 11 is 5.45. The Morgan fingerprint density at radius 2 is 2.13 bits per heavy atom. The highest BCUT2D eigenvalue weighted by atomic mass is 35.5. The molecule has 0 N–H and O–H groups in total. The van der Waals surface area contributed by atoms with Crippen molar-refractivity contribution in [3.8, 4) is 5.88 Å². The Bertz CT molecular complexity index is 341. The number of nitrogens with zero attached hydrogens (tertiary/aromatic N) is 1.